The van der Waals surface area contributed by atoms with Gasteiger partial charge in [0.05, 0.1) is 39.6 Å². The van der Waals surface area contributed by atoms with Gasteiger partial charge in [-0.1, -0.05) is 81.1 Å². The van der Waals surface area contributed by atoms with E-state index in [1.54, 1.807) is 0 Å². The molecule has 1 aliphatic rings. The standard InChI is InChI=1S/C31H45NO6/c1-2-3-4-5-10-17-34-19-21-36-23-24-37-22-20-35-18-11-16-32-31(33)38-25-30-28-14-8-6-12-26(28)27-13-7-9-15-29(27)30/h6-9,12-15,30H,2-5,10-11,16-25H2,1H3,(H,32,33). The molecule has 0 unspecified atom stereocenters. The predicted molar refractivity (Wildman–Crippen MR) is 150 cm³/mol. The fraction of sp³-hybridized carbons (Fsp3) is 0.581. The number of carbonyl (C=O) groups excluding carboxylic acids is 1. The molecular weight excluding hydrogens is 482 g/mol. The number of unbranched alkanes of at least 4 members (excludes halogenated alkanes) is 4. The van der Waals surface area contributed by atoms with Gasteiger partial charge in [0.2, 0.25) is 0 Å². The molecule has 0 heterocycles. The quantitative estimate of drug-likeness (QED) is 0.202. The summed E-state index contributed by atoms with van der Waals surface area (Å²) in [6.07, 6.45) is 6.59. The second-order valence-corrected chi connectivity index (χ2v) is 9.47. The average molecular weight is 528 g/mol. The fourth-order valence-corrected chi connectivity index (χ4v) is 4.58. The van der Waals surface area contributed by atoms with Crippen molar-refractivity contribution in [3.63, 3.8) is 0 Å². The molecule has 210 valence electrons. The molecule has 2 aromatic rings. The summed E-state index contributed by atoms with van der Waals surface area (Å²) < 4.78 is 27.7. The number of benzene rings is 2. The second-order valence-electron chi connectivity index (χ2n) is 9.47. The number of alkyl carbamates (subject to hydrolysis) is 1. The molecule has 38 heavy (non-hydrogen) atoms. The summed E-state index contributed by atoms with van der Waals surface area (Å²) >= 11 is 0. The van der Waals surface area contributed by atoms with Crippen LogP contribution in [0.15, 0.2) is 48.5 Å². The van der Waals surface area contributed by atoms with E-state index < -0.39 is 6.09 Å². The van der Waals surface area contributed by atoms with Crippen LogP contribution in [-0.4, -0.2) is 72.1 Å². The Labute approximate surface area is 228 Å². The van der Waals surface area contributed by atoms with Crippen LogP contribution in [0.25, 0.3) is 11.1 Å². The van der Waals surface area contributed by atoms with Gasteiger partial charge in [-0.25, -0.2) is 4.79 Å². The molecular formula is C31H45NO6. The normalized spacial score (nSPS) is 12.3. The minimum Gasteiger partial charge on any atom is -0.449 e. The molecule has 0 saturated heterocycles. The zero-order valence-electron chi connectivity index (χ0n) is 23.0. The van der Waals surface area contributed by atoms with E-state index in [4.69, 9.17) is 23.7 Å². The number of fused-ring (bicyclic) bond motifs is 3. The number of hydrogen-bond donors (Lipinski definition) is 1. The molecule has 0 aromatic heterocycles. The molecule has 0 radical (unpaired) electrons. The summed E-state index contributed by atoms with van der Waals surface area (Å²) in [5.41, 5.74) is 4.86. The van der Waals surface area contributed by atoms with Crippen LogP contribution in [0.5, 0.6) is 0 Å². The van der Waals surface area contributed by atoms with Gasteiger partial charge in [0, 0.05) is 25.7 Å². The molecule has 3 rings (SSSR count). The number of hydrogen-bond acceptors (Lipinski definition) is 6. The van der Waals surface area contributed by atoms with Crippen LogP contribution in [0.1, 0.15) is 62.5 Å². The highest BCUT2D eigenvalue weighted by Crippen LogP contribution is 2.44. The van der Waals surface area contributed by atoms with Crippen molar-refractivity contribution in [3.05, 3.63) is 59.7 Å². The molecule has 0 bridgehead atoms. The fourth-order valence-electron chi connectivity index (χ4n) is 4.58. The lowest BCUT2D eigenvalue weighted by atomic mass is 9.98. The monoisotopic (exact) mass is 527 g/mol. The number of rotatable bonds is 21. The Morgan fingerprint density at radius 1 is 0.658 bits per heavy atom. The van der Waals surface area contributed by atoms with Gasteiger partial charge < -0.3 is 29.0 Å². The molecule has 1 amide bonds. The van der Waals surface area contributed by atoms with Crippen molar-refractivity contribution in [1.82, 2.24) is 5.32 Å². The molecule has 0 fully saturated rings. The summed E-state index contributed by atoms with van der Waals surface area (Å²) in [6.45, 7) is 7.82. The van der Waals surface area contributed by atoms with Gasteiger partial charge in [0.15, 0.2) is 0 Å². The lowest BCUT2D eigenvalue weighted by Gasteiger charge is -2.14. The Morgan fingerprint density at radius 3 is 1.74 bits per heavy atom. The lowest BCUT2D eigenvalue weighted by Crippen LogP contribution is -2.27. The van der Waals surface area contributed by atoms with Crippen molar-refractivity contribution in [1.29, 1.82) is 0 Å². The van der Waals surface area contributed by atoms with Crippen LogP contribution in [0, 0.1) is 0 Å². The highest BCUT2D eigenvalue weighted by molar-refractivity contribution is 5.79. The Bertz CT molecular complexity index is 875. The number of carbonyl (C=O) groups is 1. The number of ether oxygens (including phenoxy) is 5. The summed E-state index contributed by atoms with van der Waals surface area (Å²) in [5, 5.41) is 2.81. The molecule has 1 aliphatic carbocycles. The molecule has 0 saturated carbocycles. The third kappa shape index (κ3) is 10.7. The van der Waals surface area contributed by atoms with Gasteiger partial charge in [-0.15, -0.1) is 0 Å². The maximum Gasteiger partial charge on any atom is 0.407 e. The highest BCUT2D eigenvalue weighted by atomic mass is 16.6. The van der Waals surface area contributed by atoms with Gasteiger partial charge in [0.25, 0.3) is 0 Å². The number of amides is 1. The Morgan fingerprint density at radius 2 is 1.16 bits per heavy atom. The van der Waals surface area contributed by atoms with E-state index in [1.165, 1.54) is 47.9 Å². The molecule has 7 heteroatoms. The lowest BCUT2D eigenvalue weighted by molar-refractivity contribution is -0.00231. The molecule has 0 atom stereocenters. The Kier molecular flexibility index (Phi) is 14.8. The molecule has 0 spiro atoms. The topological polar surface area (TPSA) is 75.3 Å². The number of nitrogens with one attached hydrogen (secondary N) is 1. The van der Waals surface area contributed by atoms with Crippen LogP contribution in [-0.2, 0) is 23.7 Å². The third-order valence-corrected chi connectivity index (χ3v) is 6.59. The second kappa shape index (κ2) is 18.7. The third-order valence-electron chi connectivity index (χ3n) is 6.59. The maximum atomic E-state index is 12.2. The van der Waals surface area contributed by atoms with Crippen LogP contribution in [0.4, 0.5) is 4.79 Å². The van der Waals surface area contributed by atoms with Crippen LogP contribution in [0.2, 0.25) is 0 Å². The first-order valence-corrected chi connectivity index (χ1v) is 14.2. The minimum atomic E-state index is -0.396. The smallest absolute Gasteiger partial charge is 0.407 e. The van der Waals surface area contributed by atoms with Gasteiger partial charge in [0.1, 0.15) is 6.61 Å². The van der Waals surface area contributed by atoms with Crippen molar-refractivity contribution in [2.75, 3.05) is 66.0 Å². The van der Waals surface area contributed by atoms with Gasteiger partial charge >= 0.3 is 6.09 Å². The van der Waals surface area contributed by atoms with Gasteiger partial charge in [-0.3, -0.25) is 0 Å². The largest absolute Gasteiger partial charge is 0.449 e. The Hall–Kier alpha value is -2.45. The van der Waals surface area contributed by atoms with E-state index in [9.17, 15) is 4.79 Å². The molecule has 1 N–H and O–H groups in total. The van der Waals surface area contributed by atoms with E-state index in [0.29, 0.717) is 65.8 Å². The Balaban J connectivity index is 1.10. The summed E-state index contributed by atoms with van der Waals surface area (Å²) in [7, 11) is 0. The minimum absolute atomic E-state index is 0.0697. The molecule has 2 aromatic carbocycles. The maximum absolute atomic E-state index is 12.2. The highest BCUT2D eigenvalue weighted by Gasteiger charge is 2.28. The van der Waals surface area contributed by atoms with Crippen molar-refractivity contribution >= 4 is 6.09 Å². The van der Waals surface area contributed by atoms with Crippen LogP contribution >= 0.6 is 0 Å². The van der Waals surface area contributed by atoms with E-state index in [1.807, 2.05) is 24.3 Å². The van der Waals surface area contributed by atoms with E-state index in [0.717, 1.165) is 13.0 Å². The average Bonchev–Trinajstić information content (AvgIpc) is 3.27. The zero-order chi connectivity index (χ0) is 26.7. The first kappa shape index (κ1) is 30.1. The van der Waals surface area contributed by atoms with E-state index in [2.05, 4.69) is 36.5 Å². The van der Waals surface area contributed by atoms with Crippen molar-refractivity contribution in [2.24, 2.45) is 0 Å². The first-order valence-electron chi connectivity index (χ1n) is 14.2. The summed E-state index contributed by atoms with van der Waals surface area (Å²) in [4.78, 5) is 12.2. The zero-order valence-corrected chi connectivity index (χ0v) is 23.0. The van der Waals surface area contributed by atoms with Crippen molar-refractivity contribution in [3.8, 4) is 11.1 Å². The van der Waals surface area contributed by atoms with Crippen LogP contribution in [0.3, 0.4) is 0 Å². The summed E-state index contributed by atoms with van der Waals surface area (Å²) in [6, 6.07) is 16.6. The van der Waals surface area contributed by atoms with Crippen LogP contribution < -0.4 is 5.32 Å². The van der Waals surface area contributed by atoms with E-state index >= 15 is 0 Å². The van der Waals surface area contributed by atoms with E-state index in [-0.39, 0.29) is 5.92 Å². The summed E-state index contributed by atoms with van der Waals surface area (Å²) in [5.74, 6) is 0.0697. The predicted octanol–water partition coefficient (Wildman–Crippen LogP) is 5.95. The molecule has 0 aliphatic heterocycles. The van der Waals surface area contributed by atoms with Gasteiger partial charge in [-0.05, 0) is 35.1 Å². The first-order chi connectivity index (χ1) is 18.8. The van der Waals surface area contributed by atoms with Crippen molar-refractivity contribution in [2.45, 2.75) is 51.4 Å². The van der Waals surface area contributed by atoms with Crippen molar-refractivity contribution < 1.29 is 28.5 Å². The molecule has 7 nitrogen and oxygen atoms in total. The SMILES string of the molecule is CCCCCCCOCCOCCOCCOCCCNC(=O)OCC1c2ccccc2-c2ccccc21. The van der Waals surface area contributed by atoms with Gasteiger partial charge in [-0.2, -0.15) is 0 Å².